The Bertz CT molecular complexity index is 602. The fraction of sp³-hybridized carbons (Fsp3) is 0.133. The van der Waals surface area contributed by atoms with E-state index in [9.17, 15) is 5.53 Å². The number of hydrogen-bond acceptors (Lipinski definition) is 2. The molecule has 0 saturated heterocycles. The molecule has 0 fully saturated rings. The first-order valence-corrected chi connectivity index (χ1v) is 6.72. The van der Waals surface area contributed by atoms with Gasteiger partial charge in [-0.05, 0) is 50.3 Å². The highest BCUT2D eigenvalue weighted by Gasteiger charge is 2.19. The predicted molar refractivity (Wildman–Crippen MR) is 79.3 cm³/mol. The van der Waals surface area contributed by atoms with Gasteiger partial charge in [0.25, 0.3) is 0 Å². The van der Waals surface area contributed by atoms with Gasteiger partial charge in [0.1, 0.15) is 0 Å². The van der Waals surface area contributed by atoms with Crippen molar-refractivity contribution in [3.63, 3.8) is 0 Å². The molecule has 2 aromatic carbocycles. The first-order valence-electron chi connectivity index (χ1n) is 5.94. The molecule has 0 unspecified atom stereocenters. The molecule has 2 rings (SSSR count). The molecule has 0 amide bonds. The lowest BCUT2D eigenvalue weighted by atomic mass is 10.0. The molecule has 0 atom stereocenters. The molecule has 0 heterocycles. The van der Waals surface area contributed by atoms with Crippen LogP contribution in [0, 0.1) is 0 Å². The normalized spacial score (nSPS) is 10.3. The maximum absolute atomic E-state index is 9.36. The Balaban J connectivity index is 2.48. The zero-order chi connectivity index (χ0) is 13.7. The van der Waals surface area contributed by atoms with Gasteiger partial charge < -0.3 is 5.53 Å². The number of rotatable bonds is 4. The minimum Gasteiger partial charge on any atom is -0.361 e. The van der Waals surface area contributed by atoms with Crippen molar-refractivity contribution < 1.29 is 4.79 Å². The van der Waals surface area contributed by atoms with Crippen molar-refractivity contribution >= 4 is 17.7 Å². The zero-order valence-electron chi connectivity index (χ0n) is 10.9. The SMILES string of the molecule is CN(C)Sc1ccccc1C(=[N+]=[N-])c1ccccc1. The van der Waals surface area contributed by atoms with Crippen LogP contribution in [-0.4, -0.2) is 28.9 Å². The maximum Gasteiger partial charge on any atom is 0.330 e. The highest BCUT2D eigenvalue weighted by molar-refractivity contribution is 7.97. The minimum absolute atomic E-state index is 0.588. The summed E-state index contributed by atoms with van der Waals surface area (Å²) in [6.45, 7) is 0. The lowest BCUT2D eigenvalue weighted by Crippen LogP contribution is -2.08. The smallest absolute Gasteiger partial charge is 0.330 e. The van der Waals surface area contributed by atoms with Crippen LogP contribution >= 0.6 is 11.9 Å². The lowest BCUT2D eigenvalue weighted by Gasteiger charge is -2.10. The standard InChI is InChI=1S/C15H15N3S/c1-18(2)19-14-11-7-6-10-13(14)15(17-16)12-8-4-3-5-9-12/h3-11H,1-2H3. The summed E-state index contributed by atoms with van der Waals surface area (Å²) in [5.41, 5.74) is 11.8. The summed E-state index contributed by atoms with van der Waals surface area (Å²) in [5.74, 6) is 0. The average molecular weight is 269 g/mol. The number of hydrogen-bond donors (Lipinski definition) is 0. The third-order valence-electron chi connectivity index (χ3n) is 2.57. The Labute approximate surface area is 117 Å². The minimum atomic E-state index is 0.588. The molecule has 4 heteroatoms. The van der Waals surface area contributed by atoms with Crippen LogP contribution in [0.1, 0.15) is 11.1 Å². The van der Waals surface area contributed by atoms with Crippen LogP contribution in [0.2, 0.25) is 0 Å². The molecule has 3 nitrogen and oxygen atoms in total. The van der Waals surface area contributed by atoms with Gasteiger partial charge in [-0.3, -0.25) is 4.31 Å². The van der Waals surface area contributed by atoms with E-state index in [-0.39, 0.29) is 0 Å². The fourth-order valence-corrected chi connectivity index (χ4v) is 2.60. The summed E-state index contributed by atoms with van der Waals surface area (Å²) >= 11 is 1.60. The largest absolute Gasteiger partial charge is 0.361 e. The van der Waals surface area contributed by atoms with E-state index in [4.69, 9.17) is 0 Å². The Morgan fingerprint density at radius 3 is 2.26 bits per heavy atom. The summed E-state index contributed by atoms with van der Waals surface area (Å²) in [7, 11) is 3.97. The van der Waals surface area contributed by atoms with Gasteiger partial charge in [0.05, 0.1) is 11.1 Å². The zero-order valence-corrected chi connectivity index (χ0v) is 11.8. The summed E-state index contributed by atoms with van der Waals surface area (Å²) in [6.07, 6.45) is 0. The van der Waals surface area contributed by atoms with Crippen molar-refractivity contribution in [1.82, 2.24) is 4.31 Å². The van der Waals surface area contributed by atoms with E-state index in [0.29, 0.717) is 5.71 Å². The van der Waals surface area contributed by atoms with Crippen LogP contribution in [0.15, 0.2) is 59.5 Å². The third kappa shape index (κ3) is 3.32. The highest BCUT2D eigenvalue weighted by Crippen LogP contribution is 2.25. The van der Waals surface area contributed by atoms with Gasteiger partial charge in [0.15, 0.2) is 0 Å². The van der Waals surface area contributed by atoms with E-state index in [1.165, 1.54) is 0 Å². The van der Waals surface area contributed by atoms with Crippen LogP contribution in [0.4, 0.5) is 0 Å². The summed E-state index contributed by atoms with van der Waals surface area (Å²) in [4.78, 5) is 4.54. The summed E-state index contributed by atoms with van der Waals surface area (Å²) in [5, 5.41) is 0. The Hall–Kier alpha value is -1.87. The van der Waals surface area contributed by atoms with Gasteiger partial charge in [-0.25, -0.2) is 0 Å². The van der Waals surface area contributed by atoms with E-state index in [1.807, 2.05) is 73.0 Å². The highest BCUT2D eigenvalue weighted by atomic mass is 32.2. The molecule has 0 aliphatic carbocycles. The van der Waals surface area contributed by atoms with Crippen LogP contribution < -0.4 is 0 Å². The Kier molecular flexibility index (Phi) is 4.53. The van der Waals surface area contributed by atoms with Crippen molar-refractivity contribution in [2.75, 3.05) is 14.1 Å². The van der Waals surface area contributed by atoms with Crippen LogP contribution in [-0.2, 0) is 0 Å². The molecule has 0 radical (unpaired) electrons. The molecular weight excluding hydrogens is 254 g/mol. The monoisotopic (exact) mass is 269 g/mol. The summed E-state index contributed by atoms with van der Waals surface area (Å²) < 4.78 is 2.01. The van der Waals surface area contributed by atoms with E-state index in [1.54, 1.807) is 11.9 Å². The molecule has 0 N–H and O–H groups in total. The molecule has 0 aliphatic heterocycles. The molecular formula is C15H15N3S. The van der Waals surface area contributed by atoms with E-state index in [2.05, 4.69) is 4.79 Å². The van der Waals surface area contributed by atoms with Crippen molar-refractivity contribution in [1.29, 1.82) is 0 Å². The van der Waals surface area contributed by atoms with E-state index >= 15 is 0 Å². The van der Waals surface area contributed by atoms with Crippen molar-refractivity contribution in [3.05, 3.63) is 71.3 Å². The topological polar surface area (TPSA) is 39.6 Å². The second-order valence-corrected chi connectivity index (χ2v) is 5.57. The predicted octanol–water partition coefficient (Wildman–Crippen LogP) is 3.32. The number of benzene rings is 2. The molecule has 0 aromatic heterocycles. The lowest BCUT2D eigenvalue weighted by molar-refractivity contribution is -0.00299. The van der Waals surface area contributed by atoms with E-state index in [0.717, 1.165) is 16.0 Å². The van der Waals surface area contributed by atoms with Gasteiger partial charge in [-0.2, -0.15) is 4.79 Å². The Morgan fingerprint density at radius 2 is 1.63 bits per heavy atom. The van der Waals surface area contributed by atoms with Gasteiger partial charge in [-0.1, -0.05) is 30.3 Å². The second-order valence-electron chi connectivity index (χ2n) is 4.21. The Morgan fingerprint density at radius 1 is 1.00 bits per heavy atom. The third-order valence-corrected chi connectivity index (χ3v) is 3.49. The van der Waals surface area contributed by atoms with Crippen LogP contribution in [0.5, 0.6) is 0 Å². The average Bonchev–Trinajstić information content (AvgIpc) is 2.42. The molecule has 19 heavy (non-hydrogen) atoms. The van der Waals surface area contributed by atoms with Crippen molar-refractivity contribution in [2.24, 2.45) is 0 Å². The first kappa shape index (κ1) is 13.6. The molecule has 0 spiro atoms. The van der Waals surface area contributed by atoms with Crippen molar-refractivity contribution in [2.45, 2.75) is 4.90 Å². The molecule has 0 bridgehead atoms. The summed E-state index contributed by atoms with van der Waals surface area (Å²) in [6, 6.07) is 17.6. The van der Waals surface area contributed by atoms with Gasteiger partial charge in [-0.15, -0.1) is 0 Å². The maximum atomic E-state index is 9.36. The quantitative estimate of drug-likeness (QED) is 0.370. The second kappa shape index (κ2) is 6.34. The van der Waals surface area contributed by atoms with E-state index < -0.39 is 0 Å². The molecule has 2 aromatic rings. The van der Waals surface area contributed by atoms with Gasteiger partial charge >= 0.3 is 5.71 Å². The molecule has 96 valence electrons. The van der Waals surface area contributed by atoms with Gasteiger partial charge in [0, 0.05) is 4.90 Å². The molecule has 0 aliphatic rings. The first-order chi connectivity index (χ1) is 9.22. The molecule has 0 saturated carbocycles. The number of nitrogens with zero attached hydrogens (tertiary/aromatic N) is 3. The fourth-order valence-electron chi connectivity index (χ4n) is 1.80. The van der Waals surface area contributed by atoms with Gasteiger partial charge in [0.2, 0.25) is 0 Å². The van der Waals surface area contributed by atoms with Crippen molar-refractivity contribution in [3.8, 4) is 0 Å². The van der Waals surface area contributed by atoms with Crippen LogP contribution in [0.25, 0.3) is 5.53 Å². The van der Waals surface area contributed by atoms with Crippen LogP contribution in [0.3, 0.4) is 0 Å².